The summed E-state index contributed by atoms with van der Waals surface area (Å²) in [7, 11) is 0. The van der Waals surface area contributed by atoms with E-state index in [1.165, 1.54) is 43.4 Å². The average molecular weight is 415 g/mol. The maximum absolute atomic E-state index is 12.7. The van der Waals surface area contributed by atoms with Crippen LogP contribution in [-0.4, -0.2) is 23.6 Å². The molecule has 0 bridgehead atoms. The zero-order valence-electron chi connectivity index (χ0n) is 15.5. The predicted molar refractivity (Wildman–Crippen MR) is 113 cm³/mol. The van der Waals surface area contributed by atoms with Gasteiger partial charge in [0.1, 0.15) is 5.58 Å². The summed E-state index contributed by atoms with van der Waals surface area (Å²) in [5.41, 5.74) is 1.55. The number of carbonyl (C=O) groups excluding carboxylic acids is 2. The van der Waals surface area contributed by atoms with Crippen molar-refractivity contribution in [3.05, 3.63) is 58.0 Å². The SMILES string of the molecule is O=C(COC(=O)c1oc2ccccc2c1CSC1CCCCC1)c1cccs1. The van der Waals surface area contributed by atoms with Crippen molar-refractivity contribution in [3.63, 3.8) is 0 Å². The molecular formula is C22H22O4S2. The minimum Gasteiger partial charge on any atom is -0.451 e. The van der Waals surface area contributed by atoms with Crippen LogP contribution in [0.4, 0.5) is 0 Å². The summed E-state index contributed by atoms with van der Waals surface area (Å²) in [4.78, 5) is 25.4. The van der Waals surface area contributed by atoms with Crippen LogP contribution in [0.15, 0.2) is 46.2 Å². The molecule has 1 saturated carbocycles. The number of thiophene rings is 1. The van der Waals surface area contributed by atoms with Crippen molar-refractivity contribution in [1.29, 1.82) is 0 Å². The number of para-hydroxylation sites is 1. The number of ether oxygens (including phenoxy) is 1. The van der Waals surface area contributed by atoms with E-state index in [1.54, 1.807) is 12.1 Å². The van der Waals surface area contributed by atoms with Crippen molar-refractivity contribution in [2.24, 2.45) is 0 Å². The number of carbonyl (C=O) groups is 2. The molecule has 0 unspecified atom stereocenters. The summed E-state index contributed by atoms with van der Waals surface area (Å²) in [6.07, 6.45) is 6.35. The highest BCUT2D eigenvalue weighted by atomic mass is 32.2. The predicted octanol–water partition coefficient (Wildman–Crippen LogP) is 6.10. The van der Waals surface area contributed by atoms with E-state index in [9.17, 15) is 9.59 Å². The number of hydrogen-bond acceptors (Lipinski definition) is 6. The molecule has 0 N–H and O–H groups in total. The Balaban J connectivity index is 1.50. The zero-order chi connectivity index (χ0) is 19.3. The monoisotopic (exact) mass is 414 g/mol. The minimum absolute atomic E-state index is 0.197. The van der Waals surface area contributed by atoms with Gasteiger partial charge in [-0.2, -0.15) is 11.8 Å². The number of rotatable bonds is 7. The van der Waals surface area contributed by atoms with Crippen LogP contribution in [0.3, 0.4) is 0 Å². The van der Waals surface area contributed by atoms with E-state index in [4.69, 9.17) is 9.15 Å². The molecule has 3 aromatic rings. The van der Waals surface area contributed by atoms with E-state index in [1.807, 2.05) is 41.4 Å². The number of hydrogen-bond donors (Lipinski definition) is 0. The Labute approximate surface area is 172 Å². The van der Waals surface area contributed by atoms with Crippen LogP contribution in [0.5, 0.6) is 0 Å². The van der Waals surface area contributed by atoms with Gasteiger partial charge >= 0.3 is 5.97 Å². The lowest BCUT2D eigenvalue weighted by Crippen LogP contribution is -2.14. The van der Waals surface area contributed by atoms with Gasteiger partial charge in [-0.3, -0.25) is 4.79 Å². The molecule has 2 heterocycles. The van der Waals surface area contributed by atoms with Crippen molar-refractivity contribution in [2.45, 2.75) is 43.1 Å². The Hall–Kier alpha value is -2.05. The Morgan fingerprint density at radius 3 is 2.71 bits per heavy atom. The van der Waals surface area contributed by atoms with Crippen molar-refractivity contribution in [1.82, 2.24) is 0 Å². The zero-order valence-corrected chi connectivity index (χ0v) is 17.2. The van der Waals surface area contributed by atoms with Crippen LogP contribution < -0.4 is 0 Å². The molecule has 0 amide bonds. The number of esters is 1. The summed E-state index contributed by atoms with van der Waals surface area (Å²) in [6.45, 7) is -0.272. The van der Waals surface area contributed by atoms with Gasteiger partial charge in [-0.15, -0.1) is 11.3 Å². The molecule has 1 aliphatic rings. The summed E-state index contributed by atoms with van der Waals surface area (Å²) >= 11 is 3.23. The third-order valence-electron chi connectivity index (χ3n) is 5.03. The highest BCUT2D eigenvalue weighted by Crippen LogP contribution is 2.35. The first-order valence-electron chi connectivity index (χ1n) is 9.58. The fraction of sp³-hybridized carbons (Fsp3) is 0.364. The number of thioether (sulfide) groups is 1. The second-order valence-corrected chi connectivity index (χ2v) is 9.19. The summed E-state index contributed by atoms with van der Waals surface area (Å²) in [5, 5.41) is 3.41. The molecule has 4 rings (SSSR count). The number of ketones is 1. The van der Waals surface area contributed by atoms with Gasteiger partial charge in [0.15, 0.2) is 6.61 Å². The molecule has 1 fully saturated rings. The van der Waals surface area contributed by atoms with Crippen molar-refractivity contribution in [3.8, 4) is 0 Å². The van der Waals surface area contributed by atoms with E-state index in [0.29, 0.717) is 21.5 Å². The minimum atomic E-state index is -0.569. The summed E-state index contributed by atoms with van der Waals surface area (Å²) in [5.74, 6) is 0.173. The van der Waals surface area contributed by atoms with E-state index >= 15 is 0 Å². The molecule has 28 heavy (non-hydrogen) atoms. The smallest absolute Gasteiger partial charge is 0.375 e. The van der Waals surface area contributed by atoms with Gasteiger partial charge in [0.25, 0.3) is 0 Å². The second kappa shape index (κ2) is 8.97. The Bertz CT molecular complexity index is 952. The molecule has 2 aromatic heterocycles. The van der Waals surface area contributed by atoms with Gasteiger partial charge < -0.3 is 9.15 Å². The lowest BCUT2D eigenvalue weighted by atomic mass is 10.0. The average Bonchev–Trinajstić information content (AvgIpc) is 3.39. The number of Topliss-reactive ketones (excluding diaryl/α,β-unsaturated/α-hetero) is 1. The standard InChI is InChI=1S/C22H22O4S2/c23-18(20-11-6-12-27-20)13-25-22(24)21-17(14-28-15-7-2-1-3-8-15)16-9-4-5-10-19(16)26-21/h4-6,9-12,15H,1-3,7-8,13-14H2. The number of furan rings is 1. The first-order valence-corrected chi connectivity index (χ1v) is 11.5. The normalized spacial score (nSPS) is 15.0. The molecule has 0 saturated heterocycles. The number of fused-ring (bicyclic) bond motifs is 1. The fourth-order valence-corrected chi connectivity index (χ4v) is 5.55. The van der Waals surface area contributed by atoms with Crippen LogP contribution in [0.2, 0.25) is 0 Å². The molecule has 0 aliphatic heterocycles. The van der Waals surface area contributed by atoms with Gasteiger partial charge in [-0.1, -0.05) is 43.5 Å². The Kier molecular flexibility index (Phi) is 6.17. The second-order valence-electron chi connectivity index (χ2n) is 6.95. The highest BCUT2D eigenvalue weighted by molar-refractivity contribution is 7.99. The quantitative estimate of drug-likeness (QED) is 0.345. The lowest BCUT2D eigenvalue weighted by Gasteiger charge is -2.20. The van der Waals surface area contributed by atoms with Crippen LogP contribution >= 0.6 is 23.1 Å². The topological polar surface area (TPSA) is 56.5 Å². The molecule has 146 valence electrons. The first kappa shape index (κ1) is 19.3. The summed E-state index contributed by atoms with van der Waals surface area (Å²) in [6, 6.07) is 11.2. The molecule has 6 heteroatoms. The van der Waals surface area contributed by atoms with Gasteiger partial charge in [-0.05, 0) is 30.4 Å². The van der Waals surface area contributed by atoms with Crippen molar-refractivity contribution in [2.75, 3.05) is 6.61 Å². The van der Waals surface area contributed by atoms with E-state index < -0.39 is 5.97 Å². The molecule has 0 spiro atoms. The third-order valence-corrected chi connectivity index (χ3v) is 7.34. The molecular weight excluding hydrogens is 392 g/mol. The largest absolute Gasteiger partial charge is 0.451 e. The van der Waals surface area contributed by atoms with E-state index in [-0.39, 0.29) is 18.2 Å². The maximum Gasteiger partial charge on any atom is 0.375 e. The van der Waals surface area contributed by atoms with Gasteiger partial charge in [0.2, 0.25) is 11.5 Å². The molecule has 1 aliphatic carbocycles. The first-order chi connectivity index (χ1) is 13.7. The van der Waals surface area contributed by atoms with Crippen LogP contribution in [0.1, 0.15) is 57.9 Å². The fourth-order valence-electron chi connectivity index (χ4n) is 3.54. The Morgan fingerprint density at radius 2 is 1.93 bits per heavy atom. The third kappa shape index (κ3) is 4.33. The van der Waals surface area contributed by atoms with E-state index in [2.05, 4.69) is 0 Å². The molecule has 1 aromatic carbocycles. The van der Waals surface area contributed by atoms with E-state index in [0.717, 1.165) is 10.9 Å². The van der Waals surface area contributed by atoms with Crippen molar-refractivity contribution >= 4 is 45.8 Å². The number of benzene rings is 1. The van der Waals surface area contributed by atoms with Gasteiger partial charge in [0.05, 0.1) is 4.88 Å². The highest BCUT2D eigenvalue weighted by Gasteiger charge is 2.24. The van der Waals surface area contributed by atoms with Gasteiger partial charge in [-0.25, -0.2) is 4.79 Å². The van der Waals surface area contributed by atoms with Crippen molar-refractivity contribution < 1.29 is 18.7 Å². The lowest BCUT2D eigenvalue weighted by molar-refractivity contribution is 0.0446. The maximum atomic E-state index is 12.7. The molecule has 0 radical (unpaired) electrons. The van der Waals surface area contributed by atoms with Crippen LogP contribution in [0, 0.1) is 0 Å². The van der Waals surface area contributed by atoms with Crippen LogP contribution in [-0.2, 0) is 10.5 Å². The van der Waals surface area contributed by atoms with Gasteiger partial charge in [0, 0.05) is 22.0 Å². The molecule has 0 atom stereocenters. The Morgan fingerprint density at radius 1 is 1.11 bits per heavy atom. The van der Waals surface area contributed by atoms with Crippen LogP contribution in [0.25, 0.3) is 11.0 Å². The summed E-state index contributed by atoms with van der Waals surface area (Å²) < 4.78 is 11.1. The molecule has 4 nitrogen and oxygen atoms in total.